The normalized spacial score (nSPS) is 14.3. The SMILES string of the molecule is C=C(C(C)C(C)(C)C=CC)N(CC)CC. The van der Waals surface area contributed by atoms with Gasteiger partial charge in [0.1, 0.15) is 0 Å². The van der Waals surface area contributed by atoms with E-state index in [0.29, 0.717) is 5.92 Å². The highest BCUT2D eigenvalue weighted by molar-refractivity contribution is 5.09. The molecule has 0 heterocycles. The summed E-state index contributed by atoms with van der Waals surface area (Å²) in [5.41, 5.74) is 1.44. The van der Waals surface area contributed by atoms with Gasteiger partial charge in [-0.25, -0.2) is 0 Å². The van der Waals surface area contributed by atoms with E-state index in [0.717, 1.165) is 13.1 Å². The van der Waals surface area contributed by atoms with Gasteiger partial charge >= 0.3 is 0 Å². The van der Waals surface area contributed by atoms with Crippen molar-refractivity contribution in [2.75, 3.05) is 13.1 Å². The van der Waals surface area contributed by atoms with Crippen LogP contribution in [-0.2, 0) is 0 Å². The summed E-state index contributed by atoms with van der Waals surface area (Å²) in [4.78, 5) is 2.34. The van der Waals surface area contributed by atoms with Crippen LogP contribution in [0, 0.1) is 11.3 Å². The molecule has 15 heavy (non-hydrogen) atoms. The summed E-state index contributed by atoms with van der Waals surface area (Å²) in [7, 11) is 0. The van der Waals surface area contributed by atoms with Crippen LogP contribution in [0.4, 0.5) is 0 Å². The van der Waals surface area contributed by atoms with Gasteiger partial charge in [0.05, 0.1) is 0 Å². The number of hydrogen-bond donors (Lipinski definition) is 0. The molecule has 1 unspecified atom stereocenters. The van der Waals surface area contributed by atoms with Gasteiger partial charge in [-0.05, 0) is 26.2 Å². The Bertz CT molecular complexity index is 221. The molecule has 0 radical (unpaired) electrons. The summed E-state index contributed by atoms with van der Waals surface area (Å²) >= 11 is 0. The van der Waals surface area contributed by atoms with Crippen LogP contribution in [0.1, 0.15) is 41.5 Å². The Morgan fingerprint density at radius 1 is 1.33 bits per heavy atom. The van der Waals surface area contributed by atoms with Crippen LogP contribution >= 0.6 is 0 Å². The molecule has 1 atom stereocenters. The van der Waals surface area contributed by atoms with E-state index in [1.807, 2.05) is 0 Å². The molecule has 0 aliphatic rings. The fourth-order valence-corrected chi connectivity index (χ4v) is 1.91. The molecule has 0 amide bonds. The van der Waals surface area contributed by atoms with Crippen molar-refractivity contribution >= 4 is 0 Å². The summed E-state index contributed by atoms with van der Waals surface area (Å²) in [5, 5.41) is 0. The summed E-state index contributed by atoms with van der Waals surface area (Å²) in [6, 6.07) is 0. The minimum atomic E-state index is 0.189. The van der Waals surface area contributed by atoms with Gasteiger partial charge < -0.3 is 4.90 Å². The van der Waals surface area contributed by atoms with Gasteiger partial charge in [-0.15, -0.1) is 0 Å². The Morgan fingerprint density at radius 2 is 1.80 bits per heavy atom. The zero-order valence-corrected chi connectivity index (χ0v) is 11.3. The number of hydrogen-bond acceptors (Lipinski definition) is 1. The maximum atomic E-state index is 4.24. The first kappa shape index (κ1) is 14.3. The fourth-order valence-electron chi connectivity index (χ4n) is 1.91. The molecule has 0 fully saturated rings. The van der Waals surface area contributed by atoms with Crippen molar-refractivity contribution in [1.29, 1.82) is 0 Å². The highest BCUT2D eigenvalue weighted by atomic mass is 15.1. The molecule has 0 aromatic heterocycles. The van der Waals surface area contributed by atoms with E-state index in [1.54, 1.807) is 0 Å². The average Bonchev–Trinajstić information content (AvgIpc) is 2.18. The van der Waals surface area contributed by atoms with E-state index in [9.17, 15) is 0 Å². The van der Waals surface area contributed by atoms with Crippen molar-refractivity contribution in [3.05, 3.63) is 24.4 Å². The van der Waals surface area contributed by atoms with Gasteiger partial charge in [0.25, 0.3) is 0 Å². The van der Waals surface area contributed by atoms with E-state index in [2.05, 4.69) is 65.2 Å². The lowest BCUT2D eigenvalue weighted by Gasteiger charge is -2.36. The maximum absolute atomic E-state index is 4.24. The van der Waals surface area contributed by atoms with Crippen molar-refractivity contribution in [1.82, 2.24) is 4.90 Å². The molecule has 88 valence electrons. The van der Waals surface area contributed by atoms with Crippen molar-refractivity contribution in [3.8, 4) is 0 Å². The standard InChI is InChI=1S/C14H27N/c1-8-11-14(6,7)12(4)13(5)15(9-2)10-3/h8,11-12H,5,9-10H2,1-4,6-7H3. The first-order chi connectivity index (χ1) is 6.90. The fraction of sp³-hybridized carbons (Fsp3) is 0.714. The van der Waals surface area contributed by atoms with Crippen LogP contribution in [0.15, 0.2) is 24.4 Å². The van der Waals surface area contributed by atoms with Crippen molar-refractivity contribution in [2.45, 2.75) is 41.5 Å². The molecule has 0 saturated heterocycles. The predicted molar refractivity (Wildman–Crippen MR) is 69.8 cm³/mol. The maximum Gasteiger partial charge on any atom is 0.0146 e. The van der Waals surface area contributed by atoms with Crippen LogP contribution in [-0.4, -0.2) is 18.0 Å². The summed E-state index contributed by atoms with van der Waals surface area (Å²) in [6.45, 7) is 19.6. The molecular weight excluding hydrogens is 182 g/mol. The summed E-state index contributed by atoms with van der Waals surface area (Å²) in [6.07, 6.45) is 4.40. The molecule has 0 aromatic carbocycles. The molecule has 0 N–H and O–H groups in total. The van der Waals surface area contributed by atoms with Gasteiger partial charge in [0.15, 0.2) is 0 Å². The molecule has 0 saturated carbocycles. The monoisotopic (exact) mass is 209 g/mol. The lowest BCUT2D eigenvalue weighted by atomic mass is 9.77. The predicted octanol–water partition coefficient (Wildman–Crippen LogP) is 4.08. The Labute approximate surface area is 95.9 Å². The Hall–Kier alpha value is -0.720. The van der Waals surface area contributed by atoms with Crippen molar-refractivity contribution in [3.63, 3.8) is 0 Å². The number of allylic oxidation sites excluding steroid dienone is 3. The van der Waals surface area contributed by atoms with Crippen molar-refractivity contribution < 1.29 is 0 Å². The third-order valence-corrected chi connectivity index (χ3v) is 3.38. The number of nitrogens with zero attached hydrogens (tertiary/aromatic N) is 1. The molecule has 1 heteroatoms. The van der Waals surface area contributed by atoms with Gasteiger partial charge in [-0.2, -0.15) is 0 Å². The average molecular weight is 209 g/mol. The zero-order valence-electron chi connectivity index (χ0n) is 11.3. The topological polar surface area (TPSA) is 3.24 Å². The smallest absolute Gasteiger partial charge is 0.0146 e. The van der Waals surface area contributed by atoms with E-state index < -0.39 is 0 Å². The first-order valence-corrected chi connectivity index (χ1v) is 5.98. The van der Waals surface area contributed by atoms with Crippen LogP contribution in [0.3, 0.4) is 0 Å². The molecular formula is C14H27N. The highest BCUT2D eigenvalue weighted by Crippen LogP contribution is 2.34. The quantitative estimate of drug-likeness (QED) is 0.596. The lowest BCUT2D eigenvalue weighted by molar-refractivity contribution is 0.259. The molecule has 0 aliphatic carbocycles. The van der Waals surface area contributed by atoms with E-state index in [1.165, 1.54) is 5.70 Å². The Balaban J connectivity index is 4.69. The molecule has 0 aromatic rings. The van der Waals surface area contributed by atoms with E-state index in [4.69, 9.17) is 0 Å². The van der Waals surface area contributed by atoms with E-state index >= 15 is 0 Å². The Kier molecular flexibility index (Phi) is 5.71. The van der Waals surface area contributed by atoms with Gasteiger partial charge in [-0.1, -0.05) is 39.5 Å². The van der Waals surface area contributed by atoms with Crippen LogP contribution in [0.2, 0.25) is 0 Å². The third-order valence-electron chi connectivity index (χ3n) is 3.38. The van der Waals surface area contributed by atoms with Gasteiger partial charge in [0, 0.05) is 24.7 Å². The summed E-state index contributed by atoms with van der Waals surface area (Å²) < 4.78 is 0. The third kappa shape index (κ3) is 3.73. The van der Waals surface area contributed by atoms with Crippen LogP contribution in [0.5, 0.6) is 0 Å². The zero-order chi connectivity index (χ0) is 12.1. The Morgan fingerprint density at radius 3 is 2.13 bits per heavy atom. The van der Waals surface area contributed by atoms with Gasteiger partial charge in [0.2, 0.25) is 0 Å². The lowest BCUT2D eigenvalue weighted by Crippen LogP contribution is -2.31. The highest BCUT2D eigenvalue weighted by Gasteiger charge is 2.26. The second-order valence-electron chi connectivity index (χ2n) is 4.71. The van der Waals surface area contributed by atoms with Crippen LogP contribution < -0.4 is 0 Å². The molecule has 0 aliphatic heterocycles. The minimum absolute atomic E-state index is 0.189. The first-order valence-electron chi connectivity index (χ1n) is 5.98. The summed E-state index contributed by atoms with van der Waals surface area (Å²) in [5.74, 6) is 0.480. The van der Waals surface area contributed by atoms with Crippen LogP contribution in [0.25, 0.3) is 0 Å². The second kappa shape index (κ2) is 5.99. The molecule has 0 rings (SSSR count). The van der Waals surface area contributed by atoms with E-state index in [-0.39, 0.29) is 5.41 Å². The second-order valence-corrected chi connectivity index (χ2v) is 4.71. The van der Waals surface area contributed by atoms with Crippen molar-refractivity contribution in [2.24, 2.45) is 11.3 Å². The minimum Gasteiger partial charge on any atom is -0.376 e. The van der Waals surface area contributed by atoms with Gasteiger partial charge in [-0.3, -0.25) is 0 Å². The number of rotatable bonds is 6. The molecule has 1 nitrogen and oxygen atoms in total. The molecule has 0 spiro atoms. The molecule has 0 bridgehead atoms. The largest absolute Gasteiger partial charge is 0.376 e.